The van der Waals surface area contributed by atoms with E-state index in [2.05, 4.69) is 6.92 Å². The maximum absolute atomic E-state index is 11.5. The van der Waals surface area contributed by atoms with Crippen LogP contribution in [0.25, 0.3) is 0 Å². The number of carbonyl (C=O) groups excluding carboxylic acids is 1. The van der Waals surface area contributed by atoms with E-state index < -0.39 is 18.0 Å². The summed E-state index contributed by atoms with van der Waals surface area (Å²) in [5.74, 6) is -1.43. The Balaban J connectivity index is 0. The summed E-state index contributed by atoms with van der Waals surface area (Å²) in [7, 11) is 0. The second kappa shape index (κ2) is 28.0. The Morgan fingerprint density at radius 2 is 1.18 bits per heavy atom. The first-order valence-corrected chi connectivity index (χ1v) is 13.1. The van der Waals surface area contributed by atoms with Crippen molar-refractivity contribution in [1.29, 1.82) is 0 Å². The number of unbranched alkanes of at least 4 members (excludes halogenated alkanes) is 11. The molecule has 0 spiro atoms. The molecular formula is C25H52N2O7. The molecule has 0 amide bonds. The number of esters is 1. The second-order valence-corrected chi connectivity index (χ2v) is 8.61. The molecule has 9 heteroatoms. The molecule has 0 aromatic rings. The van der Waals surface area contributed by atoms with Crippen LogP contribution in [0.15, 0.2) is 0 Å². The highest BCUT2D eigenvalue weighted by Gasteiger charge is 2.15. The Kier molecular flexibility index (Phi) is 28.7. The van der Waals surface area contributed by atoms with Gasteiger partial charge in [-0.2, -0.15) is 0 Å². The summed E-state index contributed by atoms with van der Waals surface area (Å²) >= 11 is 0. The van der Waals surface area contributed by atoms with E-state index in [9.17, 15) is 9.59 Å². The Bertz CT molecular complexity index is 439. The maximum atomic E-state index is 11.5. The Morgan fingerprint density at radius 1 is 0.765 bits per heavy atom. The van der Waals surface area contributed by atoms with Gasteiger partial charge >= 0.3 is 11.9 Å². The van der Waals surface area contributed by atoms with Crippen LogP contribution in [0.3, 0.4) is 0 Å². The molecule has 0 radical (unpaired) electrons. The number of rotatable bonds is 23. The Hall–Kier alpha value is -1.26. The zero-order valence-electron chi connectivity index (χ0n) is 21.5. The molecule has 0 saturated carbocycles. The van der Waals surface area contributed by atoms with Crippen LogP contribution in [-0.2, 0) is 14.3 Å². The lowest BCUT2D eigenvalue weighted by Gasteiger charge is -2.17. The summed E-state index contributed by atoms with van der Waals surface area (Å²) in [5.41, 5.74) is 5.57. The topological polar surface area (TPSA) is 154 Å². The van der Waals surface area contributed by atoms with Gasteiger partial charge < -0.3 is 30.9 Å². The zero-order chi connectivity index (χ0) is 25.9. The first kappa shape index (κ1) is 34.9. The Labute approximate surface area is 206 Å². The molecule has 0 aromatic carbocycles. The van der Waals surface area contributed by atoms with Crippen LogP contribution in [0, 0.1) is 0 Å². The largest absolute Gasteiger partial charge is 0.481 e. The smallest absolute Gasteiger partial charge is 0.322 e. The minimum absolute atomic E-state index is 0.0694. The van der Waals surface area contributed by atoms with E-state index in [0.717, 1.165) is 12.8 Å². The molecule has 34 heavy (non-hydrogen) atoms. The van der Waals surface area contributed by atoms with Crippen LogP contribution < -0.4 is 5.73 Å². The molecule has 1 unspecified atom stereocenters. The van der Waals surface area contributed by atoms with Gasteiger partial charge in [0.15, 0.2) is 0 Å². The SMILES string of the molecule is CCCCCCCCCCCCCCOC(=O)C(N)CCC(=O)O.OCCN(CCO)CCO. The van der Waals surface area contributed by atoms with Crippen LogP contribution in [0.5, 0.6) is 0 Å². The number of aliphatic hydroxyl groups is 3. The average molecular weight is 493 g/mol. The summed E-state index contributed by atoms with van der Waals surface area (Å²) in [4.78, 5) is 23.7. The van der Waals surface area contributed by atoms with Crippen molar-refractivity contribution in [2.24, 2.45) is 5.73 Å². The number of aliphatic carboxylic acids is 1. The van der Waals surface area contributed by atoms with Gasteiger partial charge in [0.05, 0.1) is 26.4 Å². The van der Waals surface area contributed by atoms with E-state index >= 15 is 0 Å². The lowest BCUT2D eigenvalue weighted by Crippen LogP contribution is -2.33. The van der Waals surface area contributed by atoms with E-state index in [4.69, 9.17) is 30.9 Å². The van der Waals surface area contributed by atoms with Crippen LogP contribution in [0.1, 0.15) is 96.8 Å². The van der Waals surface area contributed by atoms with E-state index in [0.29, 0.717) is 26.2 Å². The molecule has 0 aliphatic heterocycles. The monoisotopic (exact) mass is 492 g/mol. The fourth-order valence-corrected chi connectivity index (χ4v) is 3.38. The third kappa shape index (κ3) is 27.0. The van der Waals surface area contributed by atoms with Gasteiger partial charge in [0.25, 0.3) is 0 Å². The lowest BCUT2D eigenvalue weighted by atomic mass is 10.1. The Morgan fingerprint density at radius 3 is 1.56 bits per heavy atom. The van der Waals surface area contributed by atoms with Crippen molar-refractivity contribution >= 4 is 11.9 Å². The minimum atomic E-state index is -0.945. The molecule has 0 saturated heterocycles. The second-order valence-electron chi connectivity index (χ2n) is 8.61. The maximum Gasteiger partial charge on any atom is 0.322 e. The molecule has 0 rings (SSSR count). The van der Waals surface area contributed by atoms with Crippen molar-refractivity contribution in [2.75, 3.05) is 46.1 Å². The van der Waals surface area contributed by atoms with Gasteiger partial charge in [0, 0.05) is 26.1 Å². The van der Waals surface area contributed by atoms with Crippen LogP contribution in [0.2, 0.25) is 0 Å². The molecule has 0 bridgehead atoms. The zero-order valence-corrected chi connectivity index (χ0v) is 21.5. The number of carbonyl (C=O) groups is 2. The number of ether oxygens (including phenoxy) is 1. The lowest BCUT2D eigenvalue weighted by molar-refractivity contribution is -0.145. The van der Waals surface area contributed by atoms with Crippen LogP contribution >= 0.6 is 0 Å². The average Bonchev–Trinajstić information content (AvgIpc) is 2.81. The van der Waals surface area contributed by atoms with Crippen LogP contribution in [-0.4, -0.2) is 89.4 Å². The standard InChI is InChI=1S/C19H37NO4.C6H15NO3/c1-2-3-4-5-6-7-8-9-10-11-12-13-16-24-19(23)17(20)14-15-18(21)22;8-4-1-7(2-5-9)3-6-10/h17H,2-16,20H2,1H3,(H,21,22);8-10H,1-6H2. The summed E-state index contributed by atoms with van der Waals surface area (Å²) < 4.78 is 5.07. The minimum Gasteiger partial charge on any atom is -0.481 e. The van der Waals surface area contributed by atoms with Gasteiger partial charge in [0.1, 0.15) is 6.04 Å². The van der Waals surface area contributed by atoms with Gasteiger partial charge in [-0.1, -0.05) is 77.6 Å². The molecule has 6 N–H and O–H groups in total. The molecule has 1 atom stereocenters. The third-order valence-corrected chi connectivity index (χ3v) is 5.46. The van der Waals surface area contributed by atoms with Crippen molar-refractivity contribution in [3.8, 4) is 0 Å². The molecule has 0 fully saturated rings. The molecule has 0 aliphatic carbocycles. The number of hydrogen-bond donors (Lipinski definition) is 5. The molecule has 0 aromatic heterocycles. The molecule has 0 heterocycles. The van der Waals surface area contributed by atoms with Crippen molar-refractivity contribution in [3.63, 3.8) is 0 Å². The van der Waals surface area contributed by atoms with Crippen molar-refractivity contribution in [1.82, 2.24) is 4.90 Å². The number of carboxylic acid groups (broad SMARTS) is 1. The highest BCUT2D eigenvalue weighted by molar-refractivity contribution is 5.76. The number of aliphatic hydroxyl groups excluding tert-OH is 3. The van der Waals surface area contributed by atoms with Gasteiger partial charge in [-0.15, -0.1) is 0 Å². The summed E-state index contributed by atoms with van der Waals surface area (Å²) in [6.07, 6.45) is 15.2. The quantitative estimate of drug-likeness (QED) is 0.107. The van der Waals surface area contributed by atoms with Crippen LogP contribution in [0.4, 0.5) is 0 Å². The van der Waals surface area contributed by atoms with Crippen molar-refractivity contribution < 1.29 is 34.8 Å². The van der Waals surface area contributed by atoms with E-state index in [1.165, 1.54) is 64.2 Å². The number of nitrogens with zero attached hydrogens (tertiary/aromatic N) is 1. The van der Waals surface area contributed by atoms with Gasteiger partial charge in [0.2, 0.25) is 0 Å². The molecule has 0 aliphatic rings. The number of hydrogen-bond acceptors (Lipinski definition) is 8. The molecule has 204 valence electrons. The summed E-state index contributed by atoms with van der Waals surface area (Å²) in [6, 6.07) is -0.821. The number of carboxylic acids is 1. The van der Waals surface area contributed by atoms with E-state index in [1.807, 2.05) is 0 Å². The molecular weight excluding hydrogens is 440 g/mol. The first-order chi connectivity index (χ1) is 16.4. The highest BCUT2D eigenvalue weighted by atomic mass is 16.5. The third-order valence-electron chi connectivity index (χ3n) is 5.46. The van der Waals surface area contributed by atoms with Gasteiger partial charge in [-0.3, -0.25) is 14.5 Å². The summed E-state index contributed by atoms with van der Waals surface area (Å²) in [5, 5.41) is 34.0. The first-order valence-electron chi connectivity index (χ1n) is 13.1. The molecule has 9 nitrogen and oxygen atoms in total. The normalized spacial score (nSPS) is 11.7. The van der Waals surface area contributed by atoms with E-state index in [1.54, 1.807) is 4.90 Å². The highest BCUT2D eigenvalue weighted by Crippen LogP contribution is 2.12. The van der Waals surface area contributed by atoms with E-state index in [-0.39, 0.29) is 32.7 Å². The fraction of sp³-hybridized carbons (Fsp3) is 0.920. The number of nitrogens with two attached hydrogens (primary N) is 1. The van der Waals surface area contributed by atoms with Crippen molar-refractivity contribution in [2.45, 2.75) is 103 Å². The predicted octanol–water partition coefficient (Wildman–Crippen LogP) is 2.69. The fourth-order valence-electron chi connectivity index (χ4n) is 3.38. The van der Waals surface area contributed by atoms with Gasteiger partial charge in [-0.05, 0) is 12.8 Å². The summed E-state index contributed by atoms with van der Waals surface area (Å²) in [6.45, 7) is 4.38. The van der Waals surface area contributed by atoms with Gasteiger partial charge in [-0.25, -0.2) is 0 Å². The predicted molar refractivity (Wildman–Crippen MR) is 135 cm³/mol. The van der Waals surface area contributed by atoms with Crippen molar-refractivity contribution in [3.05, 3.63) is 0 Å².